The van der Waals surface area contributed by atoms with Gasteiger partial charge in [-0.3, -0.25) is 0 Å². The molecule has 5 nitrogen and oxygen atoms in total. The van der Waals surface area contributed by atoms with Crippen molar-refractivity contribution in [3.8, 4) is 17.1 Å². The molecule has 18 heavy (non-hydrogen) atoms. The summed E-state index contributed by atoms with van der Waals surface area (Å²) in [5.74, 6) is 0.660. The molecule has 0 amide bonds. The van der Waals surface area contributed by atoms with Gasteiger partial charge in [0.15, 0.2) is 5.82 Å². The predicted molar refractivity (Wildman–Crippen MR) is 74.6 cm³/mol. The zero-order valence-electron chi connectivity index (χ0n) is 9.12. The highest BCUT2D eigenvalue weighted by Crippen LogP contribution is 2.32. The minimum absolute atomic E-state index is 0.660. The van der Waals surface area contributed by atoms with Crippen LogP contribution in [0.4, 0.5) is 5.69 Å². The van der Waals surface area contributed by atoms with Crippen molar-refractivity contribution in [3.05, 3.63) is 39.5 Å². The van der Waals surface area contributed by atoms with Gasteiger partial charge < -0.3 is 5.73 Å². The minimum Gasteiger partial charge on any atom is -0.398 e. The standard InChI is InChI=1S/C11H8BrN5S/c12-10-8(2-1-3-9(10)13)11-14-15-16-17(11)7-4-5-18-6-7/h1-6H,13H2. The van der Waals surface area contributed by atoms with Crippen LogP contribution in [0, 0.1) is 0 Å². The van der Waals surface area contributed by atoms with E-state index in [1.165, 1.54) is 0 Å². The minimum atomic E-state index is 0.660. The predicted octanol–water partition coefficient (Wildman–Crippen LogP) is 2.74. The second kappa shape index (κ2) is 4.51. The zero-order chi connectivity index (χ0) is 12.5. The molecular weight excluding hydrogens is 314 g/mol. The van der Waals surface area contributed by atoms with Crippen LogP contribution in [0.3, 0.4) is 0 Å². The first-order valence-corrected chi connectivity index (χ1v) is 6.86. The largest absolute Gasteiger partial charge is 0.398 e. The lowest BCUT2D eigenvalue weighted by Gasteiger charge is -2.06. The molecule has 2 aromatic heterocycles. The molecule has 0 atom stereocenters. The molecule has 0 fully saturated rings. The van der Waals surface area contributed by atoms with Crippen LogP contribution >= 0.6 is 27.3 Å². The fourth-order valence-corrected chi connectivity index (χ4v) is 2.69. The lowest BCUT2D eigenvalue weighted by atomic mass is 10.2. The second-order valence-electron chi connectivity index (χ2n) is 3.60. The molecule has 3 aromatic rings. The number of halogens is 1. The number of hydrogen-bond acceptors (Lipinski definition) is 5. The maximum Gasteiger partial charge on any atom is 0.188 e. The molecule has 2 heterocycles. The first kappa shape index (κ1) is 11.4. The lowest BCUT2D eigenvalue weighted by molar-refractivity contribution is 0.793. The van der Waals surface area contributed by atoms with Gasteiger partial charge in [0.1, 0.15) is 0 Å². The molecule has 2 N–H and O–H groups in total. The molecule has 90 valence electrons. The molecule has 0 radical (unpaired) electrons. The van der Waals surface area contributed by atoms with Gasteiger partial charge in [-0.2, -0.15) is 16.0 Å². The van der Waals surface area contributed by atoms with Gasteiger partial charge in [0.05, 0.1) is 10.2 Å². The Morgan fingerprint density at radius 2 is 2.17 bits per heavy atom. The van der Waals surface area contributed by atoms with Crippen LogP contribution in [0.25, 0.3) is 17.1 Å². The van der Waals surface area contributed by atoms with Crippen molar-refractivity contribution in [1.29, 1.82) is 0 Å². The molecule has 0 saturated carbocycles. The van der Waals surface area contributed by atoms with Crippen LogP contribution in [0.15, 0.2) is 39.5 Å². The van der Waals surface area contributed by atoms with Crippen molar-refractivity contribution >= 4 is 33.0 Å². The van der Waals surface area contributed by atoms with Crippen molar-refractivity contribution in [2.24, 2.45) is 0 Å². The number of benzene rings is 1. The number of rotatable bonds is 2. The number of tetrazole rings is 1. The van der Waals surface area contributed by atoms with Crippen LogP contribution in [-0.2, 0) is 0 Å². The normalized spacial score (nSPS) is 10.7. The summed E-state index contributed by atoms with van der Waals surface area (Å²) in [6.45, 7) is 0. The number of thiophene rings is 1. The van der Waals surface area contributed by atoms with E-state index in [-0.39, 0.29) is 0 Å². The van der Waals surface area contributed by atoms with Gasteiger partial charge >= 0.3 is 0 Å². The molecular formula is C11H8BrN5S. The SMILES string of the molecule is Nc1cccc(-c2nnnn2-c2ccsc2)c1Br. The quantitative estimate of drug-likeness (QED) is 0.737. The van der Waals surface area contributed by atoms with Gasteiger partial charge in [0, 0.05) is 16.6 Å². The fourth-order valence-electron chi connectivity index (χ4n) is 1.63. The molecule has 1 aromatic carbocycles. The van der Waals surface area contributed by atoms with Gasteiger partial charge in [-0.05, 0) is 49.9 Å². The van der Waals surface area contributed by atoms with E-state index in [2.05, 4.69) is 31.5 Å². The summed E-state index contributed by atoms with van der Waals surface area (Å²) >= 11 is 5.06. The third kappa shape index (κ3) is 1.81. The van der Waals surface area contributed by atoms with Crippen LogP contribution in [0.5, 0.6) is 0 Å². The summed E-state index contributed by atoms with van der Waals surface area (Å²) < 4.78 is 2.49. The first-order chi connectivity index (χ1) is 8.77. The van der Waals surface area contributed by atoms with E-state index in [0.717, 1.165) is 15.7 Å². The van der Waals surface area contributed by atoms with E-state index >= 15 is 0 Å². The molecule has 7 heteroatoms. The molecule has 0 saturated heterocycles. The zero-order valence-corrected chi connectivity index (χ0v) is 11.5. The smallest absolute Gasteiger partial charge is 0.188 e. The Bertz CT molecular complexity index is 677. The second-order valence-corrected chi connectivity index (χ2v) is 5.18. The summed E-state index contributed by atoms with van der Waals surface area (Å²) in [5.41, 5.74) is 8.34. The monoisotopic (exact) mass is 321 g/mol. The van der Waals surface area contributed by atoms with Crippen LogP contribution in [-0.4, -0.2) is 20.2 Å². The Morgan fingerprint density at radius 1 is 1.28 bits per heavy atom. The Labute approximate surface area is 115 Å². The summed E-state index contributed by atoms with van der Waals surface area (Å²) in [5, 5.41) is 15.8. The van der Waals surface area contributed by atoms with E-state index in [4.69, 9.17) is 5.73 Å². The van der Waals surface area contributed by atoms with Crippen molar-refractivity contribution < 1.29 is 0 Å². The molecule has 0 spiro atoms. The number of aromatic nitrogens is 4. The summed E-state index contributed by atoms with van der Waals surface area (Å²) in [4.78, 5) is 0. The first-order valence-electron chi connectivity index (χ1n) is 5.12. The Hall–Kier alpha value is -1.73. The highest BCUT2D eigenvalue weighted by atomic mass is 79.9. The maximum absolute atomic E-state index is 5.87. The number of nitrogens with zero attached hydrogens (tertiary/aromatic N) is 4. The fraction of sp³-hybridized carbons (Fsp3) is 0. The third-order valence-electron chi connectivity index (χ3n) is 2.49. The van der Waals surface area contributed by atoms with E-state index in [0.29, 0.717) is 11.5 Å². The molecule has 0 unspecified atom stereocenters. The summed E-state index contributed by atoms with van der Waals surface area (Å²) in [6, 6.07) is 7.59. The molecule has 3 rings (SSSR count). The van der Waals surface area contributed by atoms with E-state index in [1.54, 1.807) is 16.0 Å². The molecule has 0 aliphatic carbocycles. The van der Waals surface area contributed by atoms with Gasteiger partial charge in [-0.1, -0.05) is 6.07 Å². The van der Waals surface area contributed by atoms with Crippen molar-refractivity contribution in [3.63, 3.8) is 0 Å². The molecule has 0 aliphatic heterocycles. The van der Waals surface area contributed by atoms with Crippen LogP contribution in [0.1, 0.15) is 0 Å². The van der Waals surface area contributed by atoms with Crippen LogP contribution < -0.4 is 5.73 Å². The van der Waals surface area contributed by atoms with E-state index in [1.807, 2.05) is 35.0 Å². The van der Waals surface area contributed by atoms with Crippen molar-refractivity contribution in [1.82, 2.24) is 20.2 Å². The van der Waals surface area contributed by atoms with Crippen LogP contribution in [0.2, 0.25) is 0 Å². The molecule has 0 bridgehead atoms. The highest BCUT2D eigenvalue weighted by molar-refractivity contribution is 9.10. The number of hydrogen-bond donors (Lipinski definition) is 1. The Morgan fingerprint density at radius 3 is 2.94 bits per heavy atom. The lowest BCUT2D eigenvalue weighted by Crippen LogP contribution is -1.99. The number of anilines is 1. The van der Waals surface area contributed by atoms with E-state index < -0.39 is 0 Å². The number of nitrogens with two attached hydrogens (primary N) is 1. The molecule has 0 aliphatic rings. The summed E-state index contributed by atoms with van der Waals surface area (Å²) in [7, 11) is 0. The average Bonchev–Trinajstić information content (AvgIpc) is 3.01. The van der Waals surface area contributed by atoms with Crippen molar-refractivity contribution in [2.45, 2.75) is 0 Å². The number of nitrogen functional groups attached to an aromatic ring is 1. The van der Waals surface area contributed by atoms with Gasteiger partial charge in [0.25, 0.3) is 0 Å². The Kier molecular flexibility index (Phi) is 2.85. The van der Waals surface area contributed by atoms with E-state index in [9.17, 15) is 0 Å². The van der Waals surface area contributed by atoms with Gasteiger partial charge in [-0.15, -0.1) is 5.10 Å². The maximum atomic E-state index is 5.87. The Balaban J connectivity index is 2.19. The van der Waals surface area contributed by atoms with Gasteiger partial charge in [0.2, 0.25) is 0 Å². The average molecular weight is 322 g/mol. The highest BCUT2D eigenvalue weighted by Gasteiger charge is 2.14. The third-order valence-corrected chi connectivity index (χ3v) is 4.05. The topological polar surface area (TPSA) is 69.6 Å². The van der Waals surface area contributed by atoms with Gasteiger partial charge in [-0.25, -0.2) is 0 Å². The summed E-state index contributed by atoms with van der Waals surface area (Å²) in [6.07, 6.45) is 0. The van der Waals surface area contributed by atoms with Crippen molar-refractivity contribution in [2.75, 3.05) is 5.73 Å².